The second-order valence-electron chi connectivity index (χ2n) is 6.99. The molecule has 1 unspecified atom stereocenters. The van der Waals surface area contributed by atoms with Gasteiger partial charge in [-0.15, -0.1) is 0 Å². The molecule has 17 heavy (non-hydrogen) atoms. The van der Waals surface area contributed by atoms with Crippen molar-refractivity contribution in [1.82, 2.24) is 9.78 Å². The third-order valence-corrected chi connectivity index (χ3v) is 4.37. The Hall–Kier alpha value is -0.990. The van der Waals surface area contributed by atoms with Crippen LogP contribution in [0.15, 0.2) is 6.07 Å². The van der Waals surface area contributed by atoms with Crippen molar-refractivity contribution in [3.8, 4) is 0 Å². The Bertz CT molecular complexity index is 435. The molecule has 1 aromatic rings. The van der Waals surface area contributed by atoms with Crippen LogP contribution in [-0.2, 0) is 5.41 Å². The maximum Gasteiger partial charge on any atom is 0.124 e. The average Bonchev–Trinajstić information content (AvgIpc) is 2.83. The highest BCUT2D eigenvalue weighted by Crippen LogP contribution is 2.56. The summed E-state index contributed by atoms with van der Waals surface area (Å²) >= 11 is 0. The van der Waals surface area contributed by atoms with Gasteiger partial charge >= 0.3 is 0 Å². The summed E-state index contributed by atoms with van der Waals surface area (Å²) in [4.78, 5) is 0. The highest BCUT2D eigenvalue weighted by molar-refractivity contribution is 5.41. The van der Waals surface area contributed by atoms with Gasteiger partial charge in [-0.05, 0) is 24.7 Å². The highest BCUT2D eigenvalue weighted by atomic mass is 15.4. The maximum absolute atomic E-state index is 4.86. The molecule has 3 nitrogen and oxygen atoms in total. The predicted octanol–water partition coefficient (Wildman–Crippen LogP) is 3.34. The van der Waals surface area contributed by atoms with Gasteiger partial charge in [0.15, 0.2) is 0 Å². The summed E-state index contributed by atoms with van der Waals surface area (Å²) < 4.78 is 2.26. The van der Waals surface area contributed by atoms with Crippen LogP contribution in [0.4, 0.5) is 5.82 Å². The van der Waals surface area contributed by atoms with Gasteiger partial charge in [0.25, 0.3) is 0 Å². The summed E-state index contributed by atoms with van der Waals surface area (Å²) in [6.07, 6.45) is 3.94. The fraction of sp³-hybridized carbons (Fsp3) is 0.786. The SMILES string of the molecule is CC(C)(C)c1cc2n(n1)C(C1(C)CC1)CCN2. The normalized spacial score (nSPS) is 26.2. The molecule has 1 aliphatic heterocycles. The maximum atomic E-state index is 4.86. The van der Waals surface area contributed by atoms with Gasteiger partial charge in [0, 0.05) is 18.0 Å². The van der Waals surface area contributed by atoms with Crippen LogP contribution < -0.4 is 5.32 Å². The van der Waals surface area contributed by atoms with E-state index in [1.165, 1.54) is 30.8 Å². The van der Waals surface area contributed by atoms with Crippen LogP contribution in [0.25, 0.3) is 0 Å². The van der Waals surface area contributed by atoms with E-state index in [2.05, 4.69) is 43.8 Å². The molecule has 1 fully saturated rings. The summed E-state index contributed by atoms with van der Waals surface area (Å²) in [7, 11) is 0. The van der Waals surface area contributed by atoms with E-state index in [0.717, 1.165) is 6.54 Å². The van der Waals surface area contributed by atoms with Gasteiger partial charge in [0.1, 0.15) is 5.82 Å². The lowest BCUT2D eigenvalue weighted by Gasteiger charge is -2.30. The fourth-order valence-electron chi connectivity index (χ4n) is 2.76. The molecule has 0 amide bonds. The number of anilines is 1. The number of nitrogens with zero attached hydrogens (tertiary/aromatic N) is 2. The van der Waals surface area contributed by atoms with Crippen molar-refractivity contribution in [2.24, 2.45) is 5.41 Å². The van der Waals surface area contributed by atoms with Crippen LogP contribution in [0.1, 0.15) is 58.7 Å². The summed E-state index contributed by atoms with van der Waals surface area (Å²) in [5, 5.41) is 8.35. The van der Waals surface area contributed by atoms with E-state index in [1.54, 1.807) is 0 Å². The van der Waals surface area contributed by atoms with Gasteiger partial charge < -0.3 is 5.32 Å². The Morgan fingerprint density at radius 2 is 2.12 bits per heavy atom. The first-order valence-electron chi connectivity index (χ1n) is 6.74. The minimum Gasteiger partial charge on any atom is -0.370 e. The number of hydrogen-bond acceptors (Lipinski definition) is 2. The molecule has 2 heterocycles. The van der Waals surface area contributed by atoms with Crippen LogP contribution in [0.3, 0.4) is 0 Å². The van der Waals surface area contributed by atoms with Gasteiger partial charge in [-0.1, -0.05) is 27.7 Å². The predicted molar refractivity (Wildman–Crippen MR) is 70.4 cm³/mol. The minimum atomic E-state index is 0.140. The quantitative estimate of drug-likeness (QED) is 0.806. The summed E-state index contributed by atoms with van der Waals surface area (Å²) in [6.45, 7) is 10.2. The van der Waals surface area contributed by atoms with Crippen LogP contribution in [0.2, 0.25) is 0 Å². The number of aromatic nitrogens is 2. The van der Waals surface area contributed by atoms with Crippen molar-refractivity contribution < 1.29 is 0 Å². The fourth-order valence-corrected chi connectivity index (χ4v) is 2.76. The molecule has 1 atom stereocenters. The molecular formula is C14H23N3. The second-order valence-corrected chi connectivity index (χ2v) is 6.99. The third kappa shape index (κ3) is 1.76. The highest BCUT2D eigenvalue weighted by Gasteiger charge is 2.47. The zero-order valence-electron chi connectivity index (χ0n) is 11.4. The Morgan fingerprint density at radius 1 is 1.41 bits per heavy atom. The minimum absolute atomic E-state index is 0.140. The molecule has 3 heteroatoms. The number of rotatable bonds is 1. The smallest absolute Gasteiger partial charge is 0.124 e. The van der Waals surface area contributed by atoms with E-state index in [4.69, 9.17) is 5.10 Å². The molecule has 94 valence electrons. The molecule has 0 radical (unpaired) electrons. The van der Waals surface area contributed by atoms with Crippen molar-refractivity contribution in [3.63, 3.8) is 0 Å². The van der Waals surface area contributed by atoms with Gasteiger partial charge in [0.2, 0.25) is 0 Å². The first-order chi connectivity index (χ1) is 7.90. The summed E-state index contributed by atoms with van der Waals surface area (Å²) in [5.41, 5.74) is 1.86. The molecule has 1 aliphatic carbocycles. The molecule has 0 spiro atoms. The topological polar surface area (TPSA) is 29.9 Å². The van der Waals surface area contributed by atoms with Crippen molar-refractivity contribution in [1.29, 1.82) is 0 Å². The van der Waals surface area contributed by atoms with Crippen LogP contribution >= 0.6 is 0 Å². The number of fused-ring (bicyclic) bond motifs is 1. The van der Waals surface area contributed by atoms with E-state index < -0.39 is 0 Å². The van der Waals surface area contributed by atoms with Crippen molar-refractivity contribution in [2.45, 2.75) is 58.4 Å². The largest absolute Gasteiger partial charge is 0.370 e. The molecule has 3 rings (SSSR count). The van der Waals surface area contributed by atoms with Crippen molar-refractivity contribution in [2.75, 3.05) is 11.9 Å². The first-order valence-corrected chi connectivity index (χ1v) is 6.74. The van der Waals surface area contributed by atoms with Crippen LogP contribution in [0.5, 0.6) is 0 Å². The lowest BCUT2D eigenvalue weighted by Crippen LogP contribution is -2.29. The van der Waals surface area contributed by atoms with Crippen molar-refractivity contribution in [3.05, 3.63) is 11.8 Å². The van der Waals surface area contributed by atoms with E-state index in [-0.39, 0.29) is 5.41 Å². The number of hydrogen-bond donors (Lipinski definition) is 1. The second kappa shape index (κ2) is 3.27. The molecular weight excluding hydrogens is 210 g/mol. The Morgan fingerprint density at radius 3 is 2.71 bits per heavy atom. The van der Waals surface area contributed by atoms with Gasteiger partial charge in [-0.3, -0.25) is 0 Å². The van der Waals surface area contributed by atoms with Gasteiger partial charge in [-0.25, -0.2) is 4.68 Å². The van der Waals surface area contributed by atoms with E-state index in [0.29, 0.717) is 11.5 Å². The number of nitrogens with one attached hydrogen (secondary N) is 1. The first kappa shape index (κ1) is 11.1. The van der Waals surface area contributed by atoms with Crippen molar-refractivity contribution >= 4 is 5.82 Å². The van der Waals surface area contributed by atoms with Crippen LogP contribution in [-0.4, -0.2) is 16.3 Å². The zero-order chi connectivity index (χ0) is 12.3. The van der Waals surface area contributed by atoms with E-state index in [1.807, 2.05) is 0 Å². The molecule has 1 saturated carbocycles. The molecule has 1 aromatic heterocycles. The Balaban J connectivity index is 2.00. The standard InChI is InChI=1S/C14H23N3/c1-13(2,3)10-9-12-15-8-5-11(17(12)16-10)14(4)6-7-14/h9,11,15H,5-8H2,1-4H3. The zero-order valence-corrected chi connectivity index (χ0v) is 11.4. The molecule has 1 N–H and O–H groups in total. The summed E-state index contributed by atoms with van der Waals surface area (Å²) in [5.74, 6) is 1.22. The molecule has 0 aromatic carbocycles. The summed E-state index contributed by atoms with van der Waals surface area (Å²) in [6, 6.07) is 2.84. The molecule has 2 aliphatic rings. The third-order valence-electron chi connectivity index (χ3n) is 4.37. The monoisotopic (exact) mass is 233 g/mol. The van der Waals surface area contributed by atoms with Gasteiger partial charge in [0.05, 0.1) is 11.7 Å². The lowest BCUT2D eigenvalue weighted by atomic mass is 9.92. The Labute approximate surface area is 104 Å². The lowest BCUT2D eigenvalue weighted by molar-refractivity contribution is 0.281. The molecule has 0 saturated heterocycles. The average molecular weight is 233 g/mol. The Kier molecular flexibility index (Phi) is 2.14. The van der Waals surface area contributed by atoms with E-state index in [9.17, 15) is 0 Å². The van der Waals surface area contributed by atoms with E-state index >= 15 is 0 Å². The van der Waals surface area contributed by atoms with Crippen LogP contribution in [0, 0.1) is 5.41 Å². The van der Waals surface area contributed by atoms with Gasteiger partial charge in [-0.2, -0.15) is 5.10 Å². The molecule has 0 bridgehead atoms.